The Bertz CT molecular complexity index is 2540. The monoisotopic (exact) mass is 776 g/mol. The number of nitrogens with one attached hydrogen (secondary N) is 1. The molecule has 2 aromatic carbocycles. The van der Waals surface area contributed by atoms with Crippen molar-refractivity contribution in [1.29, 1.82) is 0 Å². The molecular formula is C46H44N6O6. The van der Waals surface area contributed by atoms with Crippen LogP contribution in [-0.4, -0.2) is 67.0 Å². The van der Waals surface area contributed by atoms with E-state index in [0.717, 1.165) is 88.8 Å². The van der Waals surface area contributed by atoms with Crippen LogP contribution in [0.5, 0.6) is 17.4 Å². The summed E-state index contributed by atoms with van der Waals surface area (Å²) in [7, 11) is 2.08. The molecule has 2 fully saturated rings. The molecular weight excluding hydrogens is 733 g/mol. The predicted molar refractivity (Wildman–Crippen MR) is 219 cm³/mol. The molecule has 12 heteroatoms. The highest BCUT2D eigenvalue weighted by molar-refractivity contribution is 6.23. The zero-order chi connectivity index (χ0) is 39.8. The van der Waals surface area contributed by atoms with Gasteiger partial charge in [-0.05, 0) is 86.2 Å². The molecule has 58 heavy (non-hydrogen) atoms. The van der Waals surface area contributed by atoms with Crippen LogP contribution in [0.1, 0.15) is 77.8 Å². The molecule has 9 rings (SSSR count). The predicted octanol–water partition coefficient (Wildman–Crippen LogP) is 7.74. The lowest BCUT2D eigenvalue weighted by Crippen LogP contribution is -2.51. The molecule has 4 aromatic heterocycles. The maximum absolute atomic E-state index is 13.1. The third-order valence-electron chi connectivity index (χ3n) is 11.4. The van der Waals surface area contributed by atoms with E-state index in [-0.39, 0.29) is 23.7 Å². The number of benzene rings is 2. The van der Waals surface area contributed by atoms with Crippen molar-refractivity contribution < 1.29 is 28.6 Å². The number of carbonyl (C=O) groups is 3. The van der Waals surface area contributed by atoms with Gasteiger partial charge in [0.05, 0.1) is 29.4 Å². The summed E-state index contributed by atoms with van der Waals surface area (Å²) in [5, 5.41) is 4.99. The number of carbonyl (C=O) groups excluding carboxylic acids is 3. The number of ether oxygens (including phenoxy) is 3. The Kier molecular flexibility index (Phi) is 10.1. The molecule has 1 saturated carbocycles. The van der Waals surface area contributed by atoms with Gasteiger partial charge in [0.15, 0.2) is 0 Å². The number of allylic oxidation sites excluding steroid dienone is 1. The van der Waals surface area contributed by atoms with Gasteiger partial charge < -0.3 is 24.1 Å². The van der Waals surface area contributed by atoms with Crippen LogP contribution in [0.3, 0.4) is 0 Å². The number of rotatable bonds is 14. The first-order valence-electron chi connectivity index (χ1n) is 20.0. The highest BCUT2D eigenvalue weighted by Gasteiger charge is 2.44. The molecule has 1 saturated heterocycles. The van der Waals surface area contributed by atoms with E-state index in [1.165, 1.54) is 5.39 Å². The Hall–Kier alpha value is -6.56. The summed E-state index contributed by atoms with van der Waals surface area (Å²) in [5.41, 5.74) is 6.66. The molecule has 1 unspecified atom stereocenters. The number of aromatic nitrogens is 4. The molecule has 3 amide bonds. The molecule has 0 radical (unpaired) electrons. The molecule has 12 nitrogen and oxygen atoms in total. The Morgan fingerprint density at radius 2 is 1.57 bits per heavy atom. The van der Waals surface area contributed by atoms with Crippen LogP contribution in [0.15, 0.2) is 104 Å². The summed E-state index contributed by atoms with van der Waals surface area (Å²) in [6.07, 6.45) is 14.8. The van der Waals surface area contributed by atoms with Gasteiger partial charge in [-0.3, -0.25) is 29.3 Å². The first kappa shape index (κ1) is 37.0. The molecule has 1 N–H and O–H groups in total. The Labute approximate surface area is 335 Å². The molecule has 0 bridgehead atoms. The summed E-state index contributed by atoms with van der Waals surface area (Å²) < 4.78 is 20.4. The average Bonchev–Trinajstić information content (AvgIpc) is 3.65. The first-order valence-corrected chi connectivity index (χ1v) is 20.0. The second-order valence-electron chi connectivity index (χ2n) is 15.4. The van der Waals surface area contributed by atoms with Crippen molar-refractivity contribution in [2.24, 2.45) is 7.05 Å². The van der Waals surface area contributed by atoms with Gasteiger partial charge >= 0.3 is 0 Å². The quantitative estimate of drug-likeness (QED) is 0.0870. The molecule has 1 aliphatic carbocycles. The maximum Gasteiger partial charge on any atom is 0.262 e. The SMILES string of the molecule is C=C1CCC(N2C(=O)c3ccc(OCCCCCCc4ccc(OC5CC(Oc6ccc(-c7ccc8c9cnccc9n(C)c8c7)cn6)C5)cn4)cc3C2=O)C(=O)N1. The normalized spacial score (nSPS) is 19.0. The number of piperidine rings is 1. The second kappa shape index (κ2) is 15.8. The van der Waals surface area contributed by atoms with Crippen LogP contribution >= 0.6 is 0 Å². The van der Waals surface area contributed by atoms with E-state index in [9.17, 15) is 14.4 Å². The van der Waals surface area contributed by atoms with E-state index in [1.54, 1.807) is 24.4 Å². The van der Waals surface area contributed by atoms with Gasteiger partial charge in [-0.1, -0.05) is 31.6 Å². The Morgan fingerprint density at radius 3 is 2.38 bits per heavy atom. The minimum absolute atomic E-state index is 0.0646. The summed E-state index contributed by atoms with van der Waals surface area (Å²) in [6.45, 7) is 4.27. The summed E-state index contributed by atoms with van der Waals surface area (Å²) in [4.78, 5) is 53.1. The number of aryl methyl sites for hydroxylation is 2. The second-order valence-corrected chi connectivity index (χ2v) is 15.4. The highest BCUT2D eigenvalue weighted by atomic mass is 16.5. The highest BCUT2D eigenvalue weighted by Crippen LogP contribution is 2.34. The van der Waals surface area contributed by atoms with Crippen molar-refractivity contribution in [1.82, 2.24) is 29.7 Å². The number of unbranched alkanes of at least 4 members (excludes halogenated alkanes) is 3. The third-order valence-corrected chi connectivity index (χ3v) is 11.4. The minimum atomic E-state index is -0.830. The van der Waals surface area contributed by atoms with Crippen molar-refractivity contribution in [2.45, 2.75) is 76.0 Å². The summed E-state index contributed by atoms with van der Waals surface area (Å²) in [5.74, 6) is 0.627. The summed E-state index contributed by atoms with van der Waals surface area (Å²) >= 11 is 0. The lowest BCUT2D eigenvalue weighted by molar-refractivity contribution is -0.125. The Morgan fingerprint density at radius 1 is 0.759 bits per heavy atom. The van der Waals surface area contributed by atoms with Crippen molar-refractivity contribution in [2.75, 3.05) is 6.61 Å². The van der Waals surface area contributed by atoms with Gasteiger partial charge in [-0.25, -0.2) is 4.98 Å². The van der Waals surface area contributed by atoms with E-state index in [4.69, 9.17) is 14.2 Å². The zero-order valence-corrected chi connectivity index (χ0v) is 32.4. The Balaban J connectivity index is 0.664. The first-order chi connectivity index (χ1) is 28.3. The van der Waals surface area contributed by atoms with E-state index in [0.29, 0.717) is 42.3 Å². The molecule has 1 atom stereocenters. The standard InChI is InChI=1S/C46H44N6O6/c1-28-8-16-41(44(53)50-28)52-45(54)37-15-13-32(24-38(37)46(52)55)56-20-6-4-3-5-7-31-11-12-33(26-48-31)57-34-22-35(23-34)58-43-17-10-30(25-49-43)29-9-14-36-39-27-47-19-18-40(39)51(2)42(36)21-29/h9-15,17-19,21,24-27,34-35,41H,1,3-8,16,20,22-23H2,2H3,(H,50,53). The lowest BCUT2D eigenvalue weighted by atomic mass is 9.92. The van der Waals surface area contributed by atoms with Crippen LogP contribution < -0.4 is 19.5 Å². The van der Waals surface area contributed by atoms with E-state index >= 15 is 0 Å². The summed E-state index contributed by atoms with van der Waals surface area (Å²) in [6, 6.07) is 20.6. The molecule has 6 heterocycles. The van der Waals surface area contributed by atoms with Gasteiger partial charge in [-0.15, -0.1) is 0 Å². The fraction of sp³-hybridized carbons (Fsp3) is 0.304. The van der Waals surface area contributed by atoms with Crippen LogP contribution in [0, 0.1) is 0 Å². The molecule has 2 aliphatic heterocycles. The van der Waals surface area contributed by atoms with Crippen LogP contribution in [0.4, 0.5) is 0 Å². The number of imide groups is 1. The number of nitrogens with zero attached hydrogens (tertiary/aromatic N) is 5. The molecule has 6 aromatic rings. The van der Waals surface area contributed by atoms with Crippen LogP contribution in [0.25, 0.3) is 32.9 Å². The van der Waals surface area contributed by atoms with Crippen molar-refractivity contribution in [3.05, 3.63) is 121 Å². The van der Waals surface area contributed by atoms with Gasteiger partial charge in [0.25, 0.3) is 11.8 Å². The number of amides is 3. The number of pyridine rings is 3. The molecule has 3 aliphatic rings. The van der Waals surface area contributed by atoms with Gasteiger partial charge in [0, 0.05) is 77.8 Å². The van der Waals surface area contributed by atoms with Crippen molar-refractivity contribution in [3.8, 4) is 28.5 Å². The zero-order valence-electron chi connectivity index (χ0n) is 32.4. The van der Waals surface area contributed by atoms with Gasteiger partial charge in [0.1, 0.15) is 29.7 Å². The fourth-order valence-electron chi connectivity index (χ4n) is 8.13. The van der Waals surface area contributed by atoms with E-state index in [2.05, 4.69) is 62.7 Å². The minimum Gasteiger partial charge on any atom is -0.494 e. The lowest BCUT2D eigenvalue weighted by Gasteiger charge is -2.34. The van der Waals surface area contributed by atoms with Crippen molar-refractivity contribution >= 4 is 39.5 Å². The number of fused-ring (bicyclic) bond motifs is 4. The third kappa shape index (κ3) is 7.37. The van der Waals surface area contributed by atoms with Gasteiger partial charge in [-0.2, -0.15) is 0 Å². The van der Waals surface area contributed by atoms with Crippen LogP contribution in [0.2, 0.25) is 0 Å². The van der Waals surface area contributed by atoms with E-state index < -0.39 is 17.9 Å². The topological polar surface area (TPSA) is 138 Å². The smallest absolute Gasteiger partial charge is 0.262 e. The van der Waals surface area contributed by atoms with Crippen LogP contribution in [-0.2, 0) is 18.3 Å². The van der Waals surface area contributed by atoms with Crippen molar-refractivity contribution in [3.63, 3.8) is 0 Å². The average molecular weight is 777 g/mol. The van der Waals surface area contributed by atoms with Gasteiger partial charge in [0.2, 0.25) is 11.8 Å². The molecule has 294 valence electrons. The van der Waals surface area contributed by atoms with E-state index in [1.807, 2.05) is 42.9 Å². The maximum atomic E-state index is 13.1. The number of hydrogen-bond donors (Lipinski definition) is 1. The number of hydrogen-bond acceptors (Lipinski definition) is 9. The largest absolute Gasteiger partial charge is 0.494 e. The fourth-order valence-corrected chi connectivity index (χ4v) is 8.13. The molecule has 0 spiro atoms.